The molecule has 42 heavy (non-hydrogen) atoms. The zero-order valence-electron chi connectivity index (χ0n) is 22.9. The minimum atomic E-state index is 0.860. The number of furan rings is 1. The summed E-state index contributed by atoms with van der Waals surface area (Å²) in [5.74, 6) is 0.860. The third kappa shape index (κ3) is 4.22. The van der Waals surface area contributed by atoms with Gasteiger partial charge in [-0.25, -0.2) is 0 Å². The van der Waals surface area contributed by atoms with Crippen LogP contribution in [0.25, 0.3) is 55.0 Å². The standard InChI is InChI=1S/C40H27NO/c1-2-11-28(12-3-1)37-18-7-8-19-38(37)41(34-23-24-36-30(25-34)22-21-29-13-4-6-17-35(29)36)33-16-10-15-31(26-33)40-27-32-14-5-9-20-39(32)42-40/h1-27H. The number of para-hydroxylation sites is 2. The van der Waals surface area contributed by atoms with Crippen LogP contribution in [-0.4, -0.2) is 0 Å². The van der Waals surface area contributed by atoms with Crippen LogP contribution in [0, 0.1) is 0 Å². The van der Waals surface area contributed by atoms with Crippen molar-refractivity contribution in [3.8, 4) is 22.5 Å². The Morgan fingerprint density at radius 1 is 0.405 bits per heavy atom. The van der Waals surface area contributed by atoms with E-state index in [9.17, 15) is 0 Å². The van der Waals surface area contributed by atoms with Crippen molar-refractivity contribution in [2.45, 2.75) is 0 Å². The van der Waals surface area contributed by atoms with Gasteiger partial charge in [0.1, 0.15) is 11.3 Å². The van der Waals surface area contributed by atoms with Gasteiger partial charge < -0.3 is 9.32 Å². The molecule has 8 aromatic rings. The summed E-state index contributed by atoms with van der Waals surface area (Å²) in [4.78, 5) is 2.36. The Balaban J connectivity index is 1.34. The molecule has 0 saturated carbocycles. The third-order valence-corrected chi connectivity index (χ3v) is 8.03. The summed E-state index contributed by atoms with van der Waals surface area (Å²) in [5.41, 5.74) is 7.57. The first kappa shape index (κ1) is 24.2. The van der Waals surface area contributed by atoms with Crippen molar-refractivity contribution in [2.75, 3.05) is 4.90 Å². The van der Waals surface area contributed by atoms with E-state index < -0.39 is 0 Å². The maximum absolute atomic E-state index is 6.27. The summed E-state index contributed by atoms with van der Waals surface area (Å²) >= 11 is 0. The predicted molar refractivity (Wildman–Crippen MR) is 177 cm³/mol. The van der Waals surface area contributed by atoms with Crippen molar-refractivity contribution in [3.63, 3.8) is 0 Å². The predicted octanol–water partition coefficient (Wildman–Crippen LogP) is 11.5. The third-order valence-electron chi connectivity index (χ3n) is 8.03. The van der Waals surface area contributed by atoms with Gasteiger partial charge in [-0.05, 0) is 69.6 Å². The second kappa shape index (κ2) is 10.1. The summed E-state index contributed by atoms with van der Waals surface area (Å²) in [7, 11) is 0. The van der Waals surface area contributed by atoms with Crippen molar-refractivity contribution < 1.29 is 4.42 Å². The number of rotatable bonds is 5. The van der Waals surface area contributed by atoms with Gasteiger partial charge in [-0.2, -0.15) is 0 Å². The van der Waals surface area contributed by atoms with Gasteiger partial charge in [0, 0.05) is 27.9 Å². The SMILES string of the molecule is c1ccc(-c2ccccc2N(c2cccc(-c3cc4ccccc4o3)c2)c2ccc3c(ccc4ccccc43)c2)cc1. The molecule has 0 unspecified atom stereocenters. The van der Waals surface area contributed by atoms with Crippen LogP contribution in [0.5, 0.6) is 0 Å². The van der Waals surface area contributed by atoms with Crippen LogP contribution < -0.4 is 4.90 Å². The van der Waals surface area contributed by atoms with E-state index in [-0.39, 0.29) is 0 Å². The van der Waals surface area contributed by atoms with Gasteiger partial charge in [0.15, 0.2) is 0 Å². The zero-order chi connectivity index (χ0) is 27.9. The molecule has 0 amide bonds. The lowest BCUT2D eigenvalue weighted by molar-refractivity contribution is 0.631. The van der Waals surface area contributed by atoms with Gasteiger partial charge in [0.2, 0.25) is 0 Å². The molecular formula is C40H27NO. The second-order valence-corrected chi connectivity index (χ2v) is 10.6. The molecule has 1 aromatic heterocycles. The quantitative estimate of drug-likeness (QED) is 0.203. The largest absolute Gasteiger partial charge is 0.456 e. The molecule has 0 atom stereocenters. The van der Waals surface area contributed by atoms with E-state index in [1.54, 1.807) is 0 Å². The Bertz CT molecular complexity index is 2180. The number of hydrogen-bond acceptors (Lipinski definition) is 2. The van der Waals surface area contributed by atoms with Crippen LogP contribution in [0.4, 0.5) is 17.1 Å². The fourth-order valence-corrected chi connectivity index (χ4v) is 6.02. The highest BCUT2D eigenvalue weighted by Crippen LogP contribution is 2.43. The number of hydrogen-bond donors (Lipinski definition) is 0. The molecule has 0 aliphatic rings. The van der Waals surface area contributed by atoms with Crippen molar-refractivity contribution in [2.24, 2.45) is 0 Å². The van der Waals surface area contributed by atoms with E-state index in [2.05, 4.69) is 150 Å². The van der Waals surface area contributed by atoms with E-state index in [0.717, 1.165) is 39.4 Å². The molecule has 7 aromatic carbocycles. The van der Waals surface area contributed by atoms with Gasteiger partial charge in [0.25, 0.3) is 0 Å². The van der Waals surface area contributed by atoms with Gasteiger partial charge in [-0.1, -0.05) is 121 Å². The topological polar surface area (TPSA) is 16.4 Å². The van der Waals surface area contributed by atoms with E-state index in [4.69, 9.17) is 4.42 Å². The maximum atomic E-state index is 6.27. The fourth-order valence-electron chi connectivity index (χ4n) is 6.02. The average molecular weight is 538 g/mol. The molecule has 8 rings (SSSR count). The fraction of sp³-hybridized carbons (Fsp3) is 0. The van der Waals surface area contributed by atoms with Crippen molar-refractivity contribution in [1.82, 2.24) is 0 Å². The van der Waals surface area contributed by atoms with Crippen molar-refractivity contribution in [1.29, 1.82) is 0 Å². The number of nitrogens with zero attached hydrogens (tertiary/aromatic N) is 1. The molecule has 0 aliphatic heterocycles. The Labute approximate surface area is 244 Å². The highest BCUT2D eigenvalue weighted by molar-refractivity contribution is 6.08. The molecule has 0 bridgehead atoms. The van der Waals surface area contributed by atoms with Crippen molar-refractivity contribution in [3.05, 3.63) is 164 Å². The van der Waals surface area contributed by atoms with Gasteiger partial charge >= 0.3 is 0 Å². The van der Waals surface area contributed by atoms with E-state index in [0.29, 0.717) is 0 Å². The highest BCUT2D eigenvalue weighted by Gasteiger charge is 2.19. The van der Waals surface area contributed by atoms with Gasteiger partial charge in [0.05, 0.1) is 5.69 Å². The van der Waals surface area contributed by atoms with Crippen LogP contribution >= 0.6 is 0 Å². The first-order chi connectivity index (χ1) is 20.8. The molecule has 0 saturated heterocycles. The molecule has 1 heterocycles. The number of fused-ring (bicyclic) bond motifs is 4. The van der Waals surface area contributed by atoms with Crippen LogP contribution in [0.15, 0.2) is 168 Å². The Morgan fingerprint density at radius 3 is 2.00 bits per heavy atom. The van der Waals surface area contributed by atoms with E-state index in [1.165, 1.54) is 32.7 Å². The lowest BCUT2D eigenvalue weighted by Gasteiger charge is -2.28. The normalized spacial score (nSPS) is 11.3. The molecule has 0 spiro atoms. The van der Waals surface area contributed by atoms with Gasteiger partial charge in [-0.3, -0.25) is 0 Å². The summed E-state index contributed by atoms with van der Waals surface area (Å²) in [5, 5.41) is 6.09. The summed E-state index contributed by atoms with van der Waals surface area (Å²) in [6.45, 7) is 0. The van der Waals surface area contributed by atoms with Crippen LogP contribution in [0.2, 0.25) is 0 Å². The molecule has 0 aliphatic carbocycles. The first-order valence-electron chi connectivity index (χ1n) is 14.3. The molecule has 0 radical (unpaired) electrons. The lowest BCUT2D eigenvalue weighted by Crippen LogP contribution is -2.11. The van der Waals surface area contributed by atoms with E-state index in [1.807, 2.05) is 18.2 Å². The minimum Gasteiger partial charge on any atom is -0.456 e. The maximum Gasteiger partial charge on any atom is 0.135 e. The van der Waals surface area contributed by atoms with Crippen LogP contribution in [0.1, 0.15) is 0 Å². The lowest BCUT2D eigenvalue weighted by atomic mass is 9.99. The summed E-state index contributed by atoms with van der Waals surface area (Å²) < 4.78 is 6.27. The summed E-state index contributed by atoms with van der Waals surface area (Å²) in [6, 6.07) is 58.0. The number of benzene rings is 7. The molecule has 0 fully saturated rings. The highest BCUT2D eigenvalue weighted by atomic mass is 16.3. The second-order valence-electron chi connectivity index (χ2n) is 10.6. The Morgan fingerprint density at radius 2 is 1.10 bits per heavy atom. The Kier molecular flexibility index (Phi) is 5.82. The first-order valence-corrected chi connectivity index (χ1v) is 14.3. The number of anilines is 3. The molecular weight excluding hydrogens is 510 g/mol. The van der Waals surface area contributed by atoms with Crippen molar-refractivity contribution >= 4 is 49.6 Å². The molecule has 198 valence electrons. The molecule has 2 heteroatoms. The van der Waals surface area contributed by atoms with Crippen LogP contribution in [0.3, 0.4) is 0 Å². The average Bonchev–Trinajstić information content (AvgIpc) is 3.50. The minimum absolute atomic E-state index is 0.860. The molecule has 2 nitrogen and oxygen atoms in total. The monoisotopic (exact) mass is 537 g/mol. The Hall–Kier alpha value is -5.60. The molecule has 0 N–H and O–H groups in total. The van der Waals surface area contributed by atoms with Crippen LogP contribution in [-0.2, 0) is 0 Å². The zero-order valence-corrected chi connectivity index (χ0v) is 22.9. The smallest absolute Gasteiger partial charge is 0.135 e. The van der Waals surface area contributed by atoms with Gasteiger partial charge in [-0.15, -0.1) is 0 Å². The van der Waals surface area contributed by atoms with E-state index >= 15 is 0 Å². The summed E-state index contributed by atoms with van der Waals surface area (Å²) in [6.07, 6.45) is 0.